The van der Waals surface area contributed by atoms with E-state index in [2.05, 4.69) is 4.90 Å². The van der Waals surface area contributed by atoms with Crippen molar-refractivity contribution in [2.75, 3.05) is 39.4 Å². The number of carbonyl (C=O) groups excluding carboxylic acids is 1. The quantitative estimate of drug-likeness (QED) is 0.843. The van der Waals surface area contributed by atoms with Crippen molar-refractivity contribution >= 4 is 5.91 Å². The van der Waals surface area contributed by atoms with Gasteiger partial charge < -0.3 is 15.4 Å². The molecule has 1 atom stereocenters. The second kappa shape index (κ2) is 6.63. The molecule has 3 fully saturated rings. The third-order valence-electron chi connectivity index (χ3n) is 5.51. The van der Waals surface area contributed by atoms with Crippen molar-refractivity contribution in [2.24, 2.45) is 5.73 Å². The van der Waals surface area contributed by atoms with E-state index in [1.165, 1.54) is 25.7 Å². The molecule has 0 spiro atoms. The minimum atomic E-state index is 0.0996. The van der Waals surface area contributed by atoms with Gasteiger partial charge >= 0.3 is 0 Å². The molecule has 0 aromatic heterocycles. The zero-order valence-corrected chi connectivity index (χ0v) is 13.1. The number of ether oxygens (including phenoxy) is 1. The molecular weight excluding hydrogens is 266 g/mol. The number of piperidine rings is 1. The molecule has 2 saturated heterocycles. The molecule has 2 heterocycles. The van der Waals surface area contributed by atoms with Crippen LogP contribution in [0, 0.1) is 0 Å². The lowest BCUT2D eigenvalue weighted by atomic mass is 9.89. The number of rotatable bonds is 3. The van der Waals surface area contributed by atoms with Crippen molar-refractivity contribution in [3.05, 3.63) is 0 Å². The van der Waals surface area contributed by atoms with Crippen molar-refractivity contribution < 1.29 is 9.53 Å². The van der Waals surface area contributed by atoms with E-state index in [1.54, 1.807) is 0 Å². The number of likely N-dealkylation sites (tertiary alicyclic amines) is 1. The molecule has 0 aromatic carbocycles. The summed E-state index contributed by atoms with van der Waals surface area (Å²) >= 11 is 0. The lowest BCUT2D eigenvalue weighted by molar-refractivity contribution is -0.136. The van der Waals surface area contributed by atoms with Crippen LogP contribution in [0.4, 0.5) is 0 Å². The molecule has 2 aliphatic heterocycles. The summed E-state index contributed by atoms with van der Waals surface area (Å²) in [7, 11) is 0. The predicted octanol–water partition coefficient (Wildman–Crippen LogP) is 0.971. The minimum Gasteiger partial charge on any atom is -0.379 e. The monoisotopic (exact) mass is 295 g/mol. The van der Waals surface area contributed by atoms with E-state index >= 15 is 0 Å². The first-order chi connectivity index (χ1) is 10.2. The molecule has 0 radical (unpaired) electrons. The summed E-state index contributed by atoms with van der Waals surface area (Å²) in [4.78, 5) is 17.3. The van der Waals surface area contributed by atoms with Gasteiger partial charge in [0.25, 0.3) is 0 Å². The first-order valence-electron chi connectivity index (χ1n) is 8.56. The van der Waals surface area contributed by atoms with Gasteiger partial charge in [0.2, 0.25) is 5.91 Å². The summed E-state index contributed by atoms with van der Waals surface area (Å²) in [6.45, 7) is 5.22. The van der Waals surface area contributed by atoms with Crippen molar-refractivity contribution in [2.45, 2.75) is 56.5 Å². The SMILES string of the molecule is NC1CCCN(C(=O)CC2(N3CCOCC3)CCCC2)C1. The number of carbonyl (C=O) groups is 1. The Hall–Kier alpha value is -0.650. The Bertz CT molecular complexity index is 363. The van der Waals surface area contributed by atoms with E-state index < -0.39 is 0 Å². The standard InChI is InChI=1S/C16H29N3O2/c17-14-4-3-7-18(13-14)15(20)12-16(5-1-2-6-16)19-8-10-21-11-9-19/h14H,1-13,17H2. The Balaban J connectivity index is 1.65. The zero-order chi connectivity index (χ0) is 14.7. The Morgan fingerprint density at radius 1 is 1.14 bits per heavy atom. The average Bonchev–Trinajstić information content (AvgIpc) is 2.98. The topological polar surface area (TPSA) is 58.8 Å². The number of amides is 1. The molecule has 5 heteroatoms. The summed E-state index contributed by atoms with van der Waals surface area (Å²) in [5.41, 5.74) is 6.13. The van der Waals surface area contributed by atoms with Crippen LogP contribution in [-0.2, 0) is 9.53 Å². The molecule has 21 heavy (non-hydrogen) atoms. The summed E-state index contributed by atoms with van der Waals surface area (Å²) < 4.78 is 5.49. The number of hydrogen-bond donors (Lipinski definition) is 1. The van der Waals surface area contributed by atoms with E-state index in [1.807, 2.05) is 4.90 Å². The third kappa shape index (κ3) is 3.41. The number of nitrogens with two attached hydrogens (primary N) is 1. The minimum absolute atomic E-state index is 0.0996. The van der Waals surface area contributed by atoms with E-state index in [0.717, 1.165) is 52.2 Å². The maximum atomic E-state index is 12.8. The van der Waals surface area contributed by atoms with Gasteiger partial charge in [0, 0.05) is 44.2 Å². The lowest BCUT2D eigenvalue weighted by Gasteiger charge is -2.44. The fraction of sp³-hybridized carbons (Fsp3) is 0.938. The van der Waals surface area contributed by atoms with Gasteiger partial charge in [-0.05, 0) is 25.7 Å². The zero-order valence-electron chi connectivity index (χ0n) is 13.1. The van der Waals surface area contributed by atoms with Crippen molar-refractivity contribution in [1.82, 2.24) is 9.80 Å². The molecule has 3 rings (SSSR count). The Labute approximate surface area is 127 Å². The molecule has 1 amide bonds. The Kier molecular flexibility index (Phi) is 4.82. The smallest absolute Gasteiger partial charge is 0.224 e. The number of nitrogens with zero attached hydrogens (tertiary/aromatic N) is 2. The summed E-state index contributed by atoms with van der Waals surface area (Å²) in [5, 5.41) is 0. The number of morpholine rings is 1. The highest BCUT2D eigenvalue weighted by Crippen LogP contribution is 2.39. The first kappa shape index (κ1) is 15.3. The molecule has 1 unspecified atom stereocenters. The van der Waals surface area contributed by atoms with Gasteiger partial charge in [-0.3, -0.25) is 9.69 Å². The third-order valence-corrected chi connectivity index (χ3v) is 5.51. The van der Waals surface area contributed by atoms with Crippen molar-refractivity contribution in [3.63, 3.8) is 0 Å². The fourth-order valence-corrected chi connectivity index (χ4v) is 4.31. The van der Waals surface area contributed by atoms with Gasteiger partial charge in [0.05, 0.1) is 13.2 Å². The predicted molar refractivity (Wildman–Crippen MR) is 82.0 cm³/mol. The van der Waals surface area contributed by atoms with E-state index in [0.29, 0.717) is 12.3 Å². The van der Waals surface area contributed by atoms with Crippen molar-refractivity contribution in [1.29, 1.82) is 0 Å². The lowest BCUT2D eigenvalue weighted by Crippen LogP contribution is -2.55. The highest BCUT2D eigenvalue weighted by Gasteiger charge is 2.42. The fourth-order valence-electron chi connectivity index (χ4n) is 4.31. The van der Waals surface area contributed by atoms with Gasteiger partial charge in [-0.1, -0.05) is 12.8 Å². The maximum absolute atomic E-state index is 12.8. The number of hydrogen-bond acceptors (Lipinski definition) is 4. The molecule has 1 aliphatic carbocycles. The molecule has 120 valence electrons. The van der Waals surface area contributed by atoms with Gasteiger partial charge in [-0.2, -0.15) is 0 Å². The van der Waals surface area contributed by atoms with E-state index in [9.17, 15) is 4.79 Å². The van der Waals surface area contributed by atoms with Crippen LogP contribution in [0.1, 0.15) is 44.9 Å². The van der Waals surface area contributed by atoms with E-state index in [-0.39, 0.29) is 11.6 Å². The second-order valence-corrected chi connectivity index (χ2v) is 6.95. The van der Waals surface area contributed by atoms with Crippen LogP contribution < -0.4 is 5.73 Å². The molecule has 5 nitrogen and oxygen atoms in total. The normalized spacial score (nSPS) is 30.5. The highest BCUT2D eigenvalue weighted by atomic mass is 16.5. The first-order valence-corrected chi connectivity index (χ1v) is 8.56. The summed E-state index contributed by atoms with van der Waals surface area (Å²) in [5.74, 6) is 0.318. The van der Waals surface area contributed by atoms with Gasteiger partial charge in [0.15, 0.2) is 0 Å². The maximum Gasteiger partial charge on any atom is 0.224 e. The molecule has 0 aromatic rings. The molecule has 2 N–H and O–H groups in total. The Morgan fingerprint density at radius 3 is 2.52 bits per heavy atom. The van der Waals surface area contributed by atoms with Crippen LogP contribution in [0.15, 0.2) is 0 Å². The molecule has 0 bridgehead atoms. The van der Waals surface area contributed by atoms with Crippen LogP contribution in [0.2, 0.25) is 0 Å². The van der Waals surface area contributed by atoms with Crippen LogP contribution in [-0.4, -0.2) is 66.7 Å². The largest absolute Gasteiger partial charge is 0.379 e. The summed E-state index contributed by atoms with van der Waals surface area (Å²) in [6, 6.07) is 0.172. The second-order valence-electron chi connectivity index (χ2n) is 6.95. The van der Waals surface area contributed by atoms with Gasteiger partial charge in [-0.25, -0.2) is 0 Å². The van der Waals surface area contributed by atoms with Crippen LogP contribution in [0.5, 0.6) is 0 Å². The van der Waals surface area contributed by atoms with Gasteiger partial charge in [-0.15, -0.1) is 0 Å². The average molecular weight is 295 g/mol. The molecule has 3 aliphatic rings. The van der Waals surface area contributed by atoms with E-state index in [4.69, 9.17) is 10.5 Å². The molecule has 1 saturated carbocycles. The summed E-state index contributed by atoms with van der Waals surface area (Å²) in [6.07, 6.45) is 7.63. The van der Waals surface area contributed by atoms with Crippen molar-refractivity contribution in [3.8, 4) is 0 Å². The van der Waals surface area contributed by atoms with Crippen LogP contribution in [0.3, 0.4) is 0 Å². The van der Waals surface area contributed by atoms with Crippen LogP contribution in [0.25, 0.3) is 0 Å². The van der Waals surface area contributed by atoms with Gasteiger partial charge in [0.1, 0.15) is 0 Å². The molecular formula is C16H29N3O2. The Morgan fingerprint density at radius 2 is 1.86 bits per heavy atom. The van der Waals surface area contributed by atoms with Crippen LogP contribution >= 0.6 is 0 Å². The highest BCUT2D eigenvalue weighted by molar-refractivity contribution is 5.77.